The molecule has 6 nitrogen and oxygen atoms in total. The monoisotopic (exact) mass is 290 g/mol. The lowest BCUT2D eigenvalue weighted by atomic mass is 10.1. The van der Waals surface area contributed by atoms with Crippen molar-refractivity contribution in [3.05, 3.63) is 24.0 Å². The lowest BCUT2D eigenvalue weighted by Gasteiger charge is -2.36. The van der Waals surface area contributed by atoms with E-state index in [0.717, 1.165) is 19.4 Å². The van der Waals surface area contributed by atoms with E-state index in [-0.39, 0.29) is 11.8 Å². The lowest BCUT2D eigenvalue weighted by Crippen LogP contribution is -2.59. The number of amides is 2. The summed E-state index contributed by atoms with van der Waals surface area (Å²) in [6.07, 6.45) is 4.24. The zero-order chi connectivity index (χ0) is 15.0. The van der Waals surface area contributed by atoms with Gasteiger partial charge in [-0.2, -0.15) is 0 Å². The highest BCUT2D eigenvalue weighted by atomic mass is 16.2. The Hall–Kier alpha value is -1.82. The molecule has 1 aromatic rings. The predicted octanol–water partition coefficient (Wildman–Crippen LogP) is 0.325. The molecule has 2 amide bonds. The van der Waals surface area contributed by atoms with Crippen LogP contribution in [0.4, 0.5) is 0 Å². The molecule has 0 bridgehead atoms. The molecule has 1 saturated carbocycles. The Labute approximate surface area is 124 Å². The van der Waals surface area contributed by atoms with Gasteiger partial charge >= 0.3 is 0 Å². The zero-order valence-corrected chi connectivity index (χ0v) is 12.6. The van der Waals surface area contributed by atoms with Gasteiger partial charge in [0.15, 0.2) is 0 Å². The molecule has 1 aliphatic heterocycles. The van der Waals surface area contributed by atoms with E-state index in [0.29, 0.717) is 24.8 Å². The average molecular weight is 290 g/mol. The molecule has 2 aliphatic rings. The van der Waals surface area contributed by atoms with E-state index >= 15 is 0 Å². The molecule has 1 atom stereocenters. The maximum Gasteiger partial charge on any atom is 0.271 e. The first kappa shape index (κ1) is 14.1. The first-order chi connectivity index (χ1) is 10.1. The van der Waals surface area contributed by atoms with E-state index in [1.54, 1.807) is 23.9 Å². The fourth-order valence-corrected chi connectivity index (χ4v) is 2.86. The number of piperazine rings is 1. The second-order valence-corrected chi connectivity index (χ2v) is 5.98. The molecule has 6 heteroatoms. The van der Waals surface area contributed by atoms with Gasteiger partial charge in [-0.05, 0) is 25.0 Å². The van der Waals surface area contributed by atoms with Crippen LogP contribution in [0, 0.1) is 0 Å². The molecule has 0 radical (unpaired) electrons. The minimum Gasteiger partial charge on any atom is -0.347 e. The number of hydrogen-bond acceptors (Lipinski definition) is 3. The van der Waals surface area contributed by atoms with E-state index in [1.807, 2.05) is 18.3 Å². The van der Waals surface area contributed by atoms with Gasteiger partial charge in [0.1, 0.15) is 11.7 Å². The molecule has 1 N–H and O–H groups in total. The summed E-state index contributed by atoms with van der Waals surface area (Å²) in [7, 11) is 3.46. The van der Waals surface area contributed by atoms with Crippen molar-refractivity contribution in [2.24, 2.45) is 0 Å². The minimum absolute atomic E-state index is 0.0277. The number of aromatic nitrogens is 1. The van der Waals surface area contributed by atoms with Crippen molar-refractivity contribution in [2.45, 2.75) is 24.9 Å². The third-order valence-corrected chi connectivity index (χ3v) is 4.17. The highest BCUT2D eigenvalue weighted by Gasteiger charge is 2.35. The van der Waals surface area contributed by atoms with Gasteiger partial charge in [-0.1, -0.05) is 0 Å². The maximum absolute atomic E-state index is 12.9. The summed E-state index contributed by atoms with van der Waals surface area (Å²) < 4.78 is 2.06. The molecular formula is C15H22N4O2. The zero-order valence-electron chi connectivity index (χ0n) is 12.6. The van der Waals surface area contributed by atoms with Crippen LogP contribution in [-0.4, -0.2) is 66.0 Å². The molecule has 1 saturated heterocycles. The van der Waals surface area contributed by atoms with Crippen LogP contribution in [-0.2, 0) is 4.79 Å². The second-order valence-electron chi connectivity index (χ2n) is 5.98. The Balaban J connectivity index is 1.83. The number of nitrogens with zero attached hydrogens (tertiary/aromatic N) is 3. The van der Waals surface area contributed by atoms with Crippen LogP contribution in [0.3, 0.4) is 0 Å². The Morgan fingerprint density at radius 3 is 2.76 bits per heavy atom. The third-order valence-electron chi connectivity index (χ3n) is 4.17. The van der Waals surface area contributed by atoms with E-state index in [9.17, 15) is 9.59 Å². The van der Waals surface area contributed by atoms with Crippen LogP contribution in [0.2, 0.25) is 0 Å². The summed E-state index contributed by atoms with van der Waals surface area (Å²) in [6.45, 7) is 1.82. The van der Waals surface area contributed by atoms with Gasteiger partial charge in [0.25, 0.3) is 5.91 Å². The topological polar surface area (TPSA) is 57.6 Å². The van der Waals surface area contributed by atoms with Crippen molar-refractivity contribution in [1.29, 1.82) is 0 Å². The Morgan fingerprint density at radius 1 is 1.33 bits per heavy atom. The van der Waals surface area contributed by atoms with E-state index < -0.39 is 6.04 Å². The SMILES string of the molecule is CN(C)C(=O)C1CNCCN1C(=O)c1cccn1C1CC1. The van der Waals surface area contributed by atoms with E-state index in [2.05, 4.69) is 9.88 Å². The summed E-state index contributed by atoms with van der Waals surface area (Å²) in [5.74, 6) is -0.0614. The Kier molecular flexibility index (Phi) is 3.71. The van der Waals surface area contributed by atoms with Crippen LogP contribution >= 0.6 is 0 Å². The quantitative estimate of drug-likeness (QED) is 0.872. The van der Waals surface area contributed by atoms with E-state index in [1.165, 1.54) is 0 Å². The van der Waals surface area contributed by atoms with Crippen molar-refractivity contribution in [1.82, 2.24) is 19.7 Å². The molecule has 1 aromatic heterocycles. The van der Waals surface area contributed by atoms with Crippen molar-refractivity contribution in [3.8, 4) is 0 Å². The van der Waals surface area contributed by atoms with Gasteiger partial charge in [0.2, 0.25) is 5.91 Å². The van der Waals surface area contributed by atoms with Crippen LogP contribution in [0.25, 0.3) is 0 Å². The lowest BCUT2D eigenvalue weighted by molar-refractivity contribution is -0.134. The van der Waals surface area contributed by atoms with Gasteiger partial charge in [-0.3, -0.25) is 9.59 Å². The van der Waals surface area contributed by atoms with Gasteiger partial charge in [0.05, 0.1) is 0 Å². The van der Waals surface area contributed by atoms with Crippen molar-refractivity contribution in [2.75, 3.05) is 33.7 Å². The smallest absolute Gasteiger partial charge is 0.271 e. The molecule has 21 heavy (non-hydrogen) atoms. The van der Waals surface area contributed by atoms with Gasteiger partial charge in [0, 0.05) is 46.0 Å². The first-order valence-electron chi connectivity index (χ1n) is 7.49. The number of nitrogens with one attached hydrogen (secondary N) is 1. The van der Waals surface area contributed by atoms with Crippen molar-refractivity contribution < 1.29 is 9.59 Å². The second kappa shape index (κ2) is 5.52. The number of rotatable bonds is 3. The largest absolute Gasteiger partial charge is 0.347 e. The summed E-state index contributed by atoms with van der Waals surface area (Å²) in [4.78, 5) is 28.4. The highest BCUT2D eigenvalue weighted by Crippen LogP contribution is 2.36. The fourth-order valence-electron chi connectivity index (χ4n) is 2.86. The summed E-state index contributed by atoms with van der Waals surface area (Å²) in [5, 5.41) is 3.20. The number of carbonyl (C=O) groups is 2. The highest BCUT2D eigenvalue weighted by molar-refractivity contribution is 5.96. The van der Waals surface area contributed by atoms with Crippen LogP contribution in [0.1, 0.15) is 29.4 Å². The molecule has 3 rings (SSSR count). The average Bonchev–Trinajstić information content (AvgIpc) is 3.22. The summed E-state index contributed by atoms with van der Waals surface area (Å²) in [6, 6.07) is 3.82. The first-order valence-corrected chi connectivity index (χ1v) is 7.49. The maximum atomic E-state index is 12.9. The normalized spacial score (nSPS) is 22.2. The minimum atomic E-state index is -0.413. The van der Waals surface area contributed by atoms with Gasteiger partial charge in [-0.15, -0.1) is 0 Å². The standard InChI is InChI=1S/C15H22N4O2/c1-17(2)14(20)13-10-16-7-9-19(13)15(21)12-4-3-8-18(12)11-5-6-11/h3-4,8,11,13,16H,5-7,9-10H2,1-2H3. The van der Waals surface area contributed by atoms with Crippen LogP contribution in [0.15, 0.2) is 18.3 Å². The van der Waals surface area contributed by atoms with Crippen molar-refractivity contribution in [3.63, 3.8) is 0 Å². The molecule has 1 unspecified atom stereocenters. The Bertz CT molecular complexity index is 548. The fraction of sp³-hybridized carbons (Fsp3) is 0.600. The molecular weight excluding hydrogens is 268 g/mol. The Morgan fingerprint density at radius 2 is 2.10 bits per heavy atom. The molecule has 1 aliphatic carbocycles. The van der Waals surface area contributed by atoms with Crippen LogP contribution in [0.5, 0.6) is 0 Å². The van der Waals surface area contributed by atoms with Gasteiger partial charge < -0.3 is 19.7 Å². The number of carbonyl (C=O) groups excluding carboxylic acids is 2. The molecule has 114 valence electrons. The van der Waals surface area contributed by atoms with Crippen molar-refractivity contribution >= 4 is 11.8 Å². The predicted molar refractivity (Wildman–Crippen MR) is 79.1 cm³/mol. The third kappa shape index (κ3) is 2.68. The summed E-state index contributed by atoms with van der Waals surface area (Å²) >= 11 is 0. The molecule has 0 spiro atoms. The number of likely N-dealkylation sites (N-methyl/N-ethyl adjacent to an activating group) is 1. The summed E-state index contributed by atoms with van der Waals surface area (Å²) in [5.41, 5.74) is 0.705. The van der Waals surface area contributed by atoms with E-state index in [4.69, 9.17) is 0 Å². The molecule has 0 aromatic carbocycles. The molecule has 2 heterocycles. The van der Waals surface area contributed by atoms with Crippen LogP contribution < -0.4 is 5.32 Å². The van der Waals surface area contributed by atoms with Gasteiger partial charge in [-0.25, -0.2) is 0 Å². The number of hydrogen-bond donors (Lipinski definition) is 1. The molecule has 2 fully saturated rings.